The van der Waals surface area contributed by atoms with Crippen LogP contribution >= 0.6 is 11.6 Å². The van der Waals surface area contributed by atoms with E-state index in [0.717, 1.165) is 24.3 Å². The second kappa shape index (κ2) is 7.11. The molecule has 0 saturated carbocycles. The van der Waals surface area contributed by atoms with Crippen LogP contribution in [0, 0.1) is 6.92 Å². The van der Waals surface area contributed by atoms with Gasteiger partial charge in [-0.25, -0.2) is 0 Å². The summed E-state index contributed by atoms with van der Waals surface area (Å²) in [5.41, 5.74) is 1.74. The molecule has 120 valence electrons. The van der Waals surface area contributed by atoms with Crippen LogP contribution in [0.3, 0.4) is 0 Å². The fraction of sp³-hybridized carbons (Fsp3) is 0.500. The predicted molar refractivity (Wildman–Crippen MR) is 87.2 cm³/mol. The largest absolute Gasteiger partial charge is 0.332 e. The number of benzene rings is 1. The summed E-state index contributed by atoms with van der Waals surface area (Å²) < 4.78 is 0. The molecular weight excluding hydrogens is 302 g/mol. The molecule has 1 aromatic carbocycles. The van der Waals surface area contributed by atoms with Gasteiger partial charge in [-0.05, 0) is 31.5 Å². The van der Waals surface area contributed by atoms with Crippen molar-refractivity contribution >= 4 is 29.1 Å². The average Bonchev–Trinajstić information content (AvgIpc) is 2.50. The van der Waals surface area contributed by atoms with Crippen LogP contribution in [0.4, 0.5) is 5.69 Å². The Morgan fingerprint density at radius 2 is 1.95 bits per heavy atom. The van der Waals surface area contributed by atoms with Crippen molar-refractivity contribution < 1.29 is 14.5 Å². The van der Waals surface area contributed by atoms with Crippen molar-refractivity contribution in [2.45, 2.75) is 26.8 Å². The summed E-state index contributed by atoms with van der Waals surface area (Å²) in [5.74, 6) is 0.0855. The van der Waals surface area contributed by atoms with E-state index in [4.69, 9.17) is 11.6 Å². The lowest BCUT2D eigenvalue weighted by molar-refractivity contribution is -0.917. The molecule has 2 N–H and O–H groups in total. The van der Waals surface area contributed by atoms with Crippen molar-refractivity contribution in [3.05, 3.63) is 28.8 Å². The molecule has 1 aliphatic heterocycles. The number of anilines is 1. The Bertz CT molecular complexity index is 569. The Labute approximate surface area is 136 Å². The third kappa shape index (κ3) is 3.99. The van der Waals surface area contributed by atoms with E-state index in [1.54, 1.807) is 13.0 Å². The van der Waals surface area contributed by atoms with Gasteiger partial charge in [0, 0.05) is 17.6 Å². The number of nitrogens with zero attached hydrogens (tertiary/aromatic N) is 1. The third-order valence-corrected chi connectivity index (χ3v) is 4.55. The van der Waals surface area contributed by atoms with E-state index in [-0.39, 0.29) is 17.9 Å². The van der Waals surface area contributed by atoms with Crippen LogP contribution in [0.15, 0.2) is 18.2 Å². The van der Waals surface area contributed by atoms with Crippen LogP contribution in [0.1, 0.15) is 19.4 Å². The number of quaternary nitrogens is 1. The minimum atomic E-state index is -0.160. The Kier molecular flexibility index (Phi) is 5.42. The normalized spacial score (nSPS) is 17.2. The molecule has 1 fully saturated rings. The molecule has 1 aromatic rings. The van der Waals surface area contributed by atoms with E-state index in [9.17, 15) is 9.59 Å². The molecule has 1 heterocycles. The van der Waals surface area contributed by atoms with Crippen LogP contribution in [-0.2, 0) is 9.59 Å². The third-order valence-electron chi connectivity index (χ3n) is 4.31. The molecule has 5 nitrogen and oxygen atoms in total. The number of hydrogen-bond acceptors (Lipinski definition) is 2. The summed E-state index contributed by atoms with van der Waals surface area (Å²) in [4.78, 5) is 26.8. The molecule has 2 rings (SSSR count). The van der Waals surface area contributed by atoms with Crippen molar-refractivity contribution in [1.82, 2.24) is 4.90 Å². The Balaban J connectivity index is 1.95. The minimum absolute atomic E-state index is 0.0170. The zero-order valence-corrected chi connectivity index (χ0v) is 14.0. The van der Waals surface area contributed by atoms with E-state index in [1.807, 2.05) is 30.9 Å². The first-order valence-corrected chi connectivity index (χ1v) is 7.93. The van der Waals surface area contributed by atoms with Crippen LogP contribution in [0.25, 0.3) is 0 Å². The molecular formula is C16H23ClN3O2+. The molecule has 0 spiro atoms. The number of halogens is 1. The van der Waals surface area contributed by atoms with Gasteiger partial charge in [-0.1, -0.05) is 17.7 Å². The second-order valence-corrected chi connectivity index (χ2v) is 6.27. The lowest BCUT2D eigenvalue weighted by Crippen LogP contribution is -3.19. The maximum atomic E-state index is 12.4. The zero-order valence-electron chi connectivity index (χ0n) is 13.3. The topological polar surface area (TPSA) is 53.9 Å². The molecule has 1 aliphatic rings. The van der Waals surface area contributed by atoms with Crippen molar-refractivity contribution in [2.24, 2.45) is 0 Å². The SMILES string of the molecule is CC(=O)N1CC[NH+]([C@@H](C)C(=O)Nc2cc(Cl)ccc2C)CC1. The molecule has 22 heavy (non-hydrogen) atoms. The van der Waals surface area contributed by atoms with Gasteiger partial charge in [0.25, 0.3) is 5.91 Å². The van der Waals surface area contributed by atoms with Gasteiger partial charge in [-0.2, -0.15) is 0 Å². The number of nitrogens with one attached hydrogen (secondary N) is 2. The summed E-state index contributed by atoms with van der Waals surface area (Å²) in [6.07, 6.45) is 0. The minimum Gasteiger partial charge on any atom is -0.332 e. The van der Waals surface area contributed by atoms with Crippen LogP contribution in [0.5, 0.6) is 0 Å². The Hall–Kier alpha value is -1.59. The highest BCUT2D eigenvalue weighted by atomic mass is 35.5. The number of carbonyl (C=O) groups is 2. The highest BCUT2D eigenvalue weighted by Gasteiger charge is 2.30. The number of rotatable bonds is 3. The molecule has 0 aromatic heterocycles. The molecule has 0 bridgehead atoms. The first kappa shape index (κ1) is 16.8. The smallest absolute Gasteiger partial charge is 0.282 e. The number of piperazine rings is 1. The van der Waals surface area contributed by atoms with E-state index >= 15 is 0 Å². The first-order valence-electron chi connectivity index (χ1n) is 7.55. The molecule has 2 amide bonds. The highest BCUT2D eigenvalue weighted by Crippen LogP contribution is 2.20. The molecule has 6 heteroatoms. The van der Waals surface area contributed by atoms with E-state index in [0.29, 0.717) is 18.1 Å². The van der Waals surface area contributed by atoms with Crippen molar-refractivity contribution in [3.63, 3.8) is 0 Å². The quantitative estimate of drug-likeness (QED) is 0.861. The zero-order chi connectivity index (χ0) is 16.3. The first-order chi connectivity index (χ1) is 10.4. The summed E-state index contributed by atoms with van der Waals surface area (Å²) in [6, 6.07) is 5.31. The Morgan fingerprint density at radius 3 is 2.55 bits per heavy atom. The van der Waals surface area contributed by atoms with Gasteiger partial charge in [0.05, 0.1) is 26.2 Å². The van der Waals surface area contributed by atoms with E-state index in [1.165, 1.54) is 4.90 Å². The molecule has 1 saturated heterocycles. The monoisotopic (exact) mass is 324 g/mol. The van der Waals surface area contributed by atoms with Gasteiger partial charge in [0.1, 0.15) is 0 Å². The van der Waals surface area contributed by atoms with Crippen molar-refractivity contribution in [1.29, 1.82) is 0 Å². The summed E-state index contributed by atoms with van der Waals surface area (Å²) >= 11 is 5.98. The molecule has 0 unspecified atom stereocenters. The fourth-order valence-corrected chi connectivity index (χ4v) is 2.87. The van der Waals surface area contributed by atoms with Gasteiger partial charge in [0.15, 0.2) is 6.04 Å². The second-order valence-electron chi connectivity index (χ2n) is 5.83. The fourth-order valence-electron chi connectivity index (χ4n) is 2.70. The average molecular weight is 325 g/mol. The van der Waals surface area contributed by atoms with Gasteiger partial charge in [-0.15, -0.1) is 0 Å². The van der Waals surface area contributed by atoms with Gasteiger partial charge in [-0.3, -0.25) is 9.59 Å². The molecule has 0 aliphatic carbocycles. The van der Waals surface area contributed by atoms with E-state index in [2.05, 4.69) is 5.32 Å². The van der Waals surface area contributed by atoms with E-state index < -0.39 is 0 Å². The number of aryl methyl sites for hydroxylation is 1. The van der Waals surface area contributed by atoms with Gasteiger partial charge < -0.3 is 15.1 Å². The van der Waals surface area contributed by atoms with Crippen molar-refractivity contribution in [3.8, 4) is 0 Å². The Morgan fingerprint density at radius 1 is 1.32 bits per heavy atom. The lowest BCUT2D eigenvalue weighted by atomic mass is 10.1. The highest BCUT2D eigenvalue weighted by molar-refractivity contribution is 6.31. The van der Waals surface area contributed by atoms with Gasteiger partial charge in [0.2, 0.25) is 5.91 Å². The summed E-state index contributed by atoms with van der Waals surface area (Å²) in [5, 5.41) is 3.56. The lowest BCUT2D eigenvalue weighted by Gasteiger charge is -2.34. The summed E-state index contributed by atoms with van der Waals surface area (Å²) in [7, 11) is 0. The maximum Gasteiger partial charge on any atom is 0.282 e. The number of carbonyl (C=O) groups excluding carboxylic acids is 2. The van der Waals surface area contributed by atoms with Crippen LogP contribution in [-0.4, -0.2) is 48.9 Å². The molecule has 0 radical (unpaired) electrons. The predicted octanol–water partition coefficient (Wildman–Crippen LogP) is 0.722. The van der Waals surface area contributed by atoms with Crippen molar-refractivity contribution in [2.75, 3.05) is 31.5 Å². The maximum absolute atomic E-state index is 12.4. The number of amides is 2. The molecule has 1 atom stereocenters. The van der Waals surface area contributed by atoms with Crippen LogP contribution in [0.2, 0.25) is 5.02 Å². The van der Waals surface area contributed by atoms with Crippen LogP contribution < -0.4 is 10.2 Å². The summed E-state index contributed by atoms with van der Waals surface area (Å²) in [6.45, 7) is 8.45. The van der Waals surface area contributed by atoms with Gasteiger partial charge >= 0.3 is 0 Å². The standard InChI is InChI=1S/C16H22ClN3O2/c1-11-4-5-14(17)10-15(11)18-16(22)12(2)19-6-8-20(9-7-19)13(3)21/h4-5,10,12H,6-9H2,1-3H3,(H,18,22)/p+1/t12-/m0/s1. The number of hydrogen-bond donors (Lipinski definition) is 2.